The van der Waals surface area contributed by atoms with Gasteiger partial charge in [0.1, 0.15) is 0 Å². The highest BCUT2D eigenvalue weighted by molar-refractivity contribution is 4.81. The summed E-state index contributed by atoms with van der Waals surface area (Å²) in [7, 11) is 0. The van der Waals surface area contributed by atoms with Crippen LogP contribution in [0.5, 0.6) is 0 Å². The lowest BCUT2D eigenvalue weighted by atomic mass is 9.86. The molecule has 114 valence electrons. The van der Waals surface area contributed by atoms with Gasteiger partial charge in [-0.3, -0.25) is 4.90 Å². The largest absolute Gasteiger partial charge is 0.315 e. The Bertz CT molecular complexity index is 217. The molecule has 1 aliphatic heterocycles. The van der Waals surface area contributed by atoms with Crippen LogP contribution in [-0.2, 0) is 0 Å². The maximum absolute atomic E-state index is 3.66. The summed E-state index contributed by atoms with van der Waals surface area (Å²) >= 11 is 0. The first kappa shape index (κ1) is 17.0. The maximum atomic E-state index is 3.66. The molecule has 0 spiro atoms. The fourth-order valence-corrected chi connectivity index (χ4v) is 3.24. The van der Waals surface area contributed by atoms with Gasteiger partial charge in [-0.1, -0.05) is 41.0 Å². The van der Waals surface area contributed by atoms with Crippen LogP contribution in [0.15, 0.2) is 0 Å². The molecule has 1 aliphatic rings. The molecular formula is C17H36N2. The highest BCUT2D eigenvalue weighted by Gasteiger charge is 2.25. The van der Waals surface area contributed by atoms with Gasteiger partial charge < -0.3 is 5.32 Å². The average molecular weight is 268 g/mol. The summed E-state index contributed by atoms with van der Waals surface area (Å²) in [5, 5.41) is 3.66. The van der Waals surface area contributed by atoms with E-state index in [1.54, 1.807) is 0 Å². The monoisotopic (exact) mass is 268 g/mol. The molecule has 1 saturated heterocycles. The van der Waals surface area contributed by atoms with E-state index in [1.807, 2.05) is 0 Å². The van der Waals surface area contributed by atoms with Crippen LogP contribution in [0.1, 0.15) is 60.3 Å². The van der Waals surface area contributed by atoms with Gasteiger partial charge in [0.2, 0.25) is 0 Å². The molecule has 19 heavy (non-hydrogen) atoms. The van der Waals surface area contributed by atoms with Crippen LogP contribution in [0.4, 0.5) is 0 Å². The summed E-state index contributed by atoms with van der Waals surface area (Å²) in [6.45, 7) is 16.6. The number of hydrogen-bond acceptors (Lipinski definition) is 2. The molecule has 1 rings (SSSR count). The van der Waals surface area contributed by atoms with Crippen LogP contribution in [0, 0.1) is 17.8 Å². The normalized spacial score (nSPS) is 20.4. The van der Waals surface area contributed by atoms with E-state index in [1.165, 1.54) is 45.3 Å². The SMILES string of the molecule is CCCC(CNCC(C)C)N1CCC(C(C)C)CC1. The van der Waals surface area contributed by atoms with E-state index < -0.39 is 0 Å². The second-order valence-corrected chi connectivity index (χ2v) is 7.11. The Morgan fingerprint density at radius 3 is 2.16 bits per heavy atom. The van der Waals surface area contributed by atoms with Crippen molar-refractivity contribution >= 4 is 0 Å². The van der Waals surface area contributed by atoms with E-state index in [4.69, 9.17) is 0 Å². The standard InChI is InChI=1S/C17H36N2/c1-6-7-17(13-18-12-14(2)3)19-10-8-16(9-11-19)15(4)5/h14-18H,6-13H2,1-5H3. The van der Waals surface area contributed by atoms with Gasteiger partial charge in [-0.25, -0.2) is 0 Å². The highest BCUT2D eigenvalue weighted by atomic mass is 15.2. The fraction of sp³-hybridized carbons (Fsp3) is 1.00. The zero-order chi connectivity index (χ0) is 14.3. The minimum Gasteiger partial charge on any atom is -0.315 e. The minimum atomic E-state index is 0.758. The van der Waals surface area contributed by atoms with Gasteiger partial charge in [0, 0.05) is 12.6 Å². The zero-order valence-corrected chi connectivity index (χ0v) is 13.9. The number of hydrogen-bond donors (Lipinski definition) is 1. The Labute approximate surface area is 121 Å². The number of piperidine rings is 1. The highest BCUT2D eigenvalue weighted by Crippen LogP contribution is 2.26. The second-order valence-electron chi connectivity index (χ2n) is 7.11. The Balaban J connectivity index is 2.35. The fourth-order valence-electron chi connectivity index (χ4n) is 3.24. The molecule has 0 radical (unpaired) electrons. The van der Waals surface area contributed by atoms with Gasteiger partial charge in [-0.15, -0.1) is 0 Å². The van der Waals surface area contributed by atoms with Crippen LogP contribution in [-0.4, -0.2) is 37.1 Å². The Hall–Kier alpha value is -0.0800. The van der Waals surface area contributed by atoms with Crippen molar-refractivity contribution in [1.29, 1.82) is 0 Å². The van der Waals surface area contributed by atoms with Crippen LogP contribution >= 0.6 is 0 Å². The van der Waals surface area contributed by atoms with Gasteiger partial charge in [0.05, 0.1) is 0 Å². The van der Waals surface area contributed by atoms with E-state index in [9.17, 15) is 0 Å². The first-order chi connectivity index (χ1) is 9.04. The molecule has 2 nitrogen and oxygen atoms in total. The zero-order valence-electron chi connectivity index (χ0n) is 13.9. The van der Waals surface area contributed by atoms with Gasteiger partial charge in [0.25, 0.3) is 0 Å². The molecule has 0 saturated carbocycles. The third-order valence-corrected chi connectivity index (χ3v) is 4.59. The maximum Gasteiger partial charge on any atom is 0.0220 e. The summed E-state index contributed by atoms with van der Waals surface area (Å²) in [5.41, 5.74) is 0. The lowest BCUT2D eigenvalue weighted by Gasteiger charge is -2.39. The molecular weight excluding hydrogens is 232 g/mol. The third-order valence-electron chi connectivity index (χ3n) is 4.59. The number of rotatable bonds is 8. The van der Waals surface area contributed by atoms with Crippen molar-refractivity contribution in [1.82, 2.24) is 10.2 Å². The van der Waals surface area contributed by atoms with Crippen LogP contribution in [0.25, 0.3) is 0 Å². The van der Waals surface area contributed by atoms with Crippen LogP contribution in [0.3, 0.4) is 0 Å². The van der Waals surface area contributed by atoms with E-state index in [0.29, 0.717) is 0 Å². The summed E-state index contributed by atoms with van der Waals surface area (Å²) in [6, 6.07) is 0.761. The van der Waals surface area contributed by atoms with Crippen LogP contribution < -0.4 is 5.32 Å². The Morgan fingerprint density at radius 1 is 1.05 bits per heavy atom. The summed E-state index contributed by atoms with van der Waals surface area (Å²) in [5.74, 6) is 2.59. The first-order valence-electron chi connectivity index (χ1n) is 8.49. The van der Waals surface area contributed by atoms with Gasteiger partial charge in [-0.05, 0) is 56.7 Å². The third kappa shape index (κ3) is 6.27. The predicted octanol–water partition coefficient (Wildman–Crippen LogP) is 3.77. The van der Waals surface area contributed by atoms with Gasteiger partial charge in [-0.2, -0.15) is 0 Å². The predicted molar refractivity (Wildman–Crippen MR) is 85.5 cm³/mol. The van der Waals surface area contributed by atoms with Crippen molar-refractivity contribution in [2.45, 2.75) is 66.3 Å². The van der Waals surface area contributed by atoms with E-state index in [2.05, 4.69) is 44.8 Å². The first-order valence-corrected chi connectivity index (χ1v) is 8.49. The molecule has 1 unspecified atom stereocenters. The molecule has 0 amide bonds. The molecule has 1 atom stereocenters. The molecule has 1 heterocycles. The summed E-state index contributed by atoms with van der Waals surface area (Å²) < 4.78 is 0. The lowest BCUT2D eigenvalue weighted by molar-refractivity contribution is 0.107. The van der Waals surface area contributed by atoms with Crippen molar-refractivity contribution in [3.05, 3.63) is 0 Å². The molecule has 0 aromatic carbocycles. The smallest absolute Gasteiger partial charge is 0.0220 e. The average Bonchev–Trinajstić information content (AvgIpc) is 2.37. The topological polar surface area (TPSA) is 15.3 Å². The number of nitrogens with zero attached hydrogens (tertiary/aromatic N) is 1. The van der Waals surface area contributed by atoms with Crippen molar-refractivity contribution < 1.29 is 0 Å². The van der Waals surface area contributed by atoms with E-state index in [-0.39, 0.29) is 0 Å². The molecule has 2 heteroatoms. The number of likely N-dealkylation sites (tertiary alicyclic amines) is 1. The number of nitrogens with one attached hydrogen (secondary N) is 1. The molecule has 1 N–H and O–H groups in total. The minimum absolute atomic E-state index is 0.758. The summed E-state index contributed by atoms with van der Waals surface area (Å²) in [6.07, 6.45) is 5.46. The Kier molecular flexibility index (Phi) is 8.01. The molecule has 0 aliphatic carbocycles. The van der Waals surface area contributed by atoms with E-state index >= 15 is 0 Å². The van der Waals surface area contributed by atoms with E-state index in [0.717, 1.165) is 30.3 Å². The lowest BCUT2D eigenvalue weighted by Crippen LogP contribution is -2.47. The van der Waals surface area contributed by atoms with Crippen molar-refractivity contribution in [2.75, 3.05) is 26.2 Å². The molecule has 0 bridgehead atoms. The van der Waals surface area contributed by atoms with Crippen molar-refractivity contribution in [2.24, 2.45) is 17.8 Å². The second kappa shape index (κ2) is 8.97. The molecule has 1 fully saturated rings. The molecule has 0 aromatic heterocycles. The van der Waals surface area contributed by atoms with Gasteiger partial charge >= 0.3 is 0 Å². The molecule has 0 aromatic rings. The Morgan fingerprint density at radius 2 is 1.68 bits per heavy atom. The summed E-state index contributed by atoms with van der Waals surface area (Å²) in [4.78, 5) is 2.75. The van der Waals surface area contributed by atoms with Crippen LogP contribution in [0.2, 0.25) is 0 Å². The van der Waals surface area contributed by atoms with Crippen molar-refractivity contribution in [3.8, 4) is 0 Å². The quantitative estimate of drug-likeness (QED) is 0.721. The van der Waals surface area contributed by atoms with Crippen molar-refractivity contribution in [3.63, 3.8) is 0 Å². The van der Waals surface area contributed by atoms with Gasteiger partial charge in [0.15, 0.2) is 0 Å².